The second-order valence-electron chi connectivity index (χ2n) is 3.70. The quantitative estimate of drug-likeness (QED) is 0.815. The molecule has 0 fully saturated rings. The van der Waals surface area contributed by atoms with Crippen molar-refractivity contribution in [1.29, 1.82) is 0 Å². The standard InChI is InChI=1S/C13H14N2OS/c1-10(12-8-5-9-16-12)14-13(17)15-11-6-3-2-4-7-11/h2-10H,1H3,(H2,14,15,17). The second-order valence-corrected chi connectivity index (χ2v) is 4.11. The Balaban J connectivity index is 1.90. The average Bonchev–Trinajstić information content (AvgIpc) is 2.83. The highest BCUT2D eigenvalue weighted by atomic mass is 32.1. The monoisotopic (exact) mass is 246 g/mol. The molecule has 1 aromatic carbocycles. The minimum atomic E-state index is 0.0497. The van der Waals surface area contributed by atoms with Crippen LogP contribution in [0, 0.1) is 0 Å². The van der Waals surface area contributed by atoms with Crippen LogP contribution in [0.15, 0.2) is 53.1 Å². The number of hydrogen-bond donors (Lipinski definition) is 2. The van der Waals surface area contributed by atoms with E-state index in [1.807, 2.05) is 49.4 Å². The van der Waals surface area contributed by atoms with Crippen LogP contribution in [0.3, 0.4) is 0 Å². The zero-order valence-electron chi connectivity index (χ0n) is 9.51. The number of benzene rings is 1. The molecule has 0 aliphatic carbocycles. The van der Waals surface area contributed by atoms with Gasteiger partial charge in [-0.25, -0.2) is 0 Å². The minimum Gasteiger partial charge on any atom is -0.467 e. The van der Waals surface area contributed by atoms with Gasteiger partial charge in [0.25, 0.3) is 0 Å². The Hall–Kier alpha value is -1.81. The predicted octanol–water partition coefficient (Wildman–Crippen LogP) is 3.33. The lowest BCUT2D eigenvalue weighted by molar-refractivity contribution is 0.464. The van der Waals surface area contributed by atoms with Gasteiger partial charge >= 0.3 is 0 Å². The third-order valence-corrected chi connectivity index (χ3v) is 2.57. The van der Waals surface area contributed by atoms with Crippen LogP contribution in [0.1, 0.15) is 18.7 Å². The van der Waals surface area contributed by atoms with Gasteiger partial charge in [0.2, 0.25) is 0 Å². The van der Waals surface area contributed by atoms with Crippen molar-refractivity contribution in [1.82, 2.24) is 5.32 Å². The van der Waals surface area contributed by atoms with Crippen LogP contribution in [0.4, 0.5) is 5.69 Å². The summed E-state index contributed by atoms with van der Waals surface area (Å²) in [7, 11) is 0. The molecular formula is C13H14N2OS. The van der Waals surface area contributed by atoms with E-state index in [-0.39, 0.29) is 6.04 Å². The SMILES string of the molecule is CC(NC(=S)Nc1ccccc1)c1ccco1. The van der Waals surface area contributed by atoms with E-state index in [2.05, 4.69) is 10.6 Å². The summed E-state index contributed by atoms with van der Waals surface area (Å²) >= 11 is 5.22. The van der Waals surface area contributed by atoms with Gasteiger partial charge in [-0.15, -0.1) is 0 Å². The molecule has 1 atom stereocenters. The molecule has 2 aromatic rings. The fourth-order valence-corrected chi connectivity index (χ4v) is 1.79. The Morgan fingerprint density at radius 1 is 1.18 bits per heavy atom. The highest BCUT2D eigenvalue weighted by molar-refractivity contribution is 7.80. The van der Waals surface area contributed by atoms with Crippen LogP contribution in [0.5, 0.6) is 0 Å². The second kappa shape index (κ2) is 5.50. The van der Waals surface area contributed by atoms with Crippen molar-refractivity contribution in [3.8, 4) is 0 Å². The van der Waals surface area contributed by atoms with Crippen molar-refractivity contribution in [3.63, 3.8) is 0 Å². The molecule has 2 rings (SSSR count). The van der Waals surface area contributed by atoms with E-state index in [1.165, 1.54) is 0 Å². The molecule has 0 aliphatic heterocycles. The average molecular weight is 246 g/mol. The fourth-order valence-electron chi connectivity index (χ4n) is 1.49. The maximum atomic E-state index is 5.30. The van der Waals surface area contributed by atoms with Gasteiger partial charge in [0.1, 0.15) is 5.76 Å². The lowest BCUT2D eigenvalue weighted by Gasteiger charge is -2.15. The first-order chi connectivity index (χ1) is 8.25. The van der Waals surface area contributed by atoms with E-state index in [4.69, 9.17) is 16.6 Å². The molecule has 1 unspecified atom stereocenters. The third kappa shape index (κ3) is 3.32. The van der Waals surface area contributed by atoms with Crippen molar-refractivity contribution >= 4 is 23.0 Å². The molecule has 1 aromatic heterocycles. The van der Waals surface area contributed by atoms with Crippen molar-refractivity contribution in [2.75, 3.05) is 5.32 Å². The summed E-state index contributed by atoms with van der Waals surface area (Å²) in [6.07, 6.45) is 1.65. The molecule has 17 heavy (non-hydrogen) atoms. The number of furan rings is 1. The summed E-state index contributed by atoms with van der Waals surface area (Å²) in [6, 6.07) is 13.6. The van der Waals surface area contributed by atoms with Crippen LogP contribution < -0.4 is 10.6 Å². The van der Waals surface area contributed by atoms with Crippen LogP contribution in [0.2, 0.25) is 0 Å². The van der Waals surface area contributed by atoms with E-state index >= 15 is 0 Å². The van der Waals surface area contributed by atoms with Gasteiger partial charge in [0, 0.05) is 5.69 Å². The zero-order chi connectivity index (χ0) is 12.1. The molecular weight excluding hydrogens is 232 g/mol. The Bertz CT molecular complexity index is 467. The Morgan fingerprint density at radius 2 is 1.94 bits per heavy atom. The van der Waals surface area contributed by atoms with Crippen LogP contribution in [-0.4, -0.2) is 5.11 Å². The predicted molar refractivity (Wildman–Crippen MR) is 72.9 cm³/mol. The molecule has 88 valence electrons. The molecule has 0 radical (unpaired) electrons. The molecule has 4 heteroatoms. The first-order valence-electron chi connectivity index (χ1n) is 5.41. The van der Waals surface area contributed by atoms with Gasteiger partial charge in [0.05, 0.1) is 12.3 Å². The van der Waals surface area contributed by atoms with E-state index in [0.717, 1.165) is 11.4 Å². The van der Waals surface area contributed by atoms with Gasteiger partial charge in [-0.3, -0.25) is 0 Å². The number of hydrogen-bond acceptors (Lipinski definition) is 2. The summed E-state index contributed by atoms with van der Waals surface area (Å²) in [5.41, 5.74) is 0.969. The lowest BCUT2D eigenvalue weighted by atomic mass is 10.2. The molecule has 2 N–H and O–H groups in total. The van der Waals surface area contributed by atoms with Crippen LogP contribution in [-0.2, 0) is 0 Å². The van der Waals surface area contributed by atoms with Crippen LogP contribution >= 0.6 is 12.2 Å². The summed E-state index contributed by atoms with van der Waals surface area (Å²) in [5, 5.41) is 6.85. The first kappa shape index (κ1) is 11.7. The molecule has 3 nitrogen and oxygen atoms in total. The molecule has 0 bridgehead atoms. The summed E-state index contributed by atoms with van der Waals surface area (Å²) in [4.78, 5) is 0. The largest absolute Gasteiger partial charge is 0.467 e. The Kier molecular flexibility index (Phi) is 3.77. The van der Waals surface area contributed by atoms with Crippen molar-refractivity contribution in [2.45, 2.75) is 13.0 Å². The van der Waals surface area contributed by atoms with E-state index < -0.39 is 0 Å². The normalized spacial score (nSPS) is 11.8. The molecule has 1 heterocycles. The maximum Gasteiger partial charge on any atom is 0.171 e. The van der Waals surface area contributed by atoms with E-state index in [9.17, 15) is 0 Å². The van der Waals surface area contributed by atoms with Gasteiger partial charge in [-0.2, -0.15) is 0 Å². The van der Waals surface area contributed by atoms with Crippen LogP contribution in [0.25, 0.3) is 0 Å². The van der Waals surface area contributed by atoms with E-state index in [0.29, 0.717) is 5.11 Å². The van der Waals surface area contributed by atoms with Gasteiger partial charge in [0.15, 0.2) is 5.11 Å². The highest BCUT2D eigenvalue weighted by Gasteiger charge is 2.08. The number of anilines is 1. The number of thiocarbonyl (C=S) groups is 1. The van der Waals surface area contributed by atoms with E-state index in [1.54, 1.807) is 6.26 Å². The first-order valence-corrected chi connectivity index (χ1v) is 5.82. The molecule has 0 aliphatic rings. The van der Waals surface area contributed by atoms with Crippen molar-refractivity contribution < 1.29 is 4.42 Å². The fraction of sp³-hybridized carbons (Fsp3) is 0.154. The molecule has 0 saturated heterocycles. The summed E-state index contributed by atoms with van der Waals surface area (Å²) in [6.45, 7) is 2.00. The summed E-state index contributed by atoms with van der Waals surface area (Å²) in [5.74, 6) is 0.863. The molecule has 0 saturated carbocycles. The smallest absolute Gasteiger partial charge is 0.171 e. The summed E-state index contributed by atoms with van der Waals surface area (Å²) < 4.78 is 5.30. The Morgan fingerprint density at radius 3 is 2.59 bits per heavy atom. The van der Waals surface area contributed by atoms with Crippen molar-refractivity contribution in [2.24, 2.45) is 0 Å². The highest BCUT2D eigenvalue weighted by Crippen LogP contribution is 2.12. The third-order valence-electron chi connectivity index (χ3n) is 2.35. The molecule has 0 spiro atoms. The van der Waals surface area contributed by atoms with Gasteiger partial charge in [-0.1, -0.05) is 18.2 Å². The van der Waals surface area contributed by atoms with Gasteiger partial charge in [-0.05, 0) is 43.4 Å². The lowest BCUT2D eigenvalue weighted by Crippen LogP contribution is -2.30. The number of para-hydroxylation sites is 1. The number of rotatable bonds is 3. The zero-order valence-corrected chi connectivity index (χ0v) is 10.3. The number of nitrogens with one attached hydrogen (secondary N) is 2. The topological polar surface area (TPSA) is 37.2 Å². The van der Waals surface area contributed by atoms with Crippen molar-refractivity contribution in [3.05, 3.63) is 54.5 Å². The Labute approximate surface area is 106 Å². The maximum absolute atomic E-state index is 5.30. The van der Waals surface area contributed by atoms with Gasteiger partial charge < -0.3 is 15.1 Å². The molecule has 0 amide bonds. The minimum absolute atomic E-state index is 0.0497.